The maximum Gasteiger partial charge on any atom is 0.244 e. The molecule has 0 fully saturated rings. The van der Waals surface area contributed by atoms with Gasteiger partial charge in [0.25, 0.3) is 0 Å². The zero-order valence-electron chi connectivity index (χ0n) is 16.4. The fraction of sp³-hybridized carbons (Fsp3) is 0.400. The van der Waals surface area contributed by atoms with E-state index in [0.717, 1.165) is 29.0 Å². The molecule has 0 aliphatic carbocycles. The Morgan fingerprint density at radius 2 is 2.07 bits per heavy atom. The molecule has 0 unspecified atom stereocenters. The maximum atomic E-state index is 12.6. The number of rotatable bonds is 6. The van der Waals surface area contributed by atoms with Crippen molar-refractivity contribution in [1.82, 2.24) is 25.5 Å². The van der Waals surface area contributed by atoms with Gasteiger partial charge in [-0.25, -0.2) is 0 Å². The van der Waals surface area contributed by atoms with E-state index >= 15 is 0 Å². The molecule has 1 atom stereocenters. The number of tetrazole rings is 1. The molecule has 9 heteroatoms. The highest BCUT2D eigenvalue weighted by Gasteiger charge is 2.22. The summed E-state index contributed by atoms with van der Waals surface area (Å²) in [4.78, 5) is 14.0. The lowest BCUT2D eigenvalue weighted by Crippen LogP contribution is -2.34. The molecule has 3 heterocycles. The molecular weight excluding hydrogens is 390 g/mol. The van der Waals surface area contributed by atoms with Crippen molar-refractivity contribution in [3.63, 3.8) is 0 Å². The van der Waals surface area contributed by atoms with Crippen molar-refractivity contribution in [2.24, 2.45) is 5.92 Å². The van der Waals surface area contributed by atoms with Gasteiger partial charge < -0.3 is 14.8 Å². The first-order valence-corrected chi connectivity index (χ1v) is 10.5. The zero-order valence-corrected chi connectivity index (χ0v) is 17.2. The van der Waals surface area contributed by atoms with Gasteiger partial charge >= 0.3 is 0 Å². The largest absolute Gasteiger partial charge is 0.490 e. The molecule has 1 aromatic carbocycles. The first-order chi connectivity index (χ1) is 14.1. The normalized spacial score (nSPS) is 14.4. The molecule has 29 heavy (non-hydrogen) atoms. The van der Waals surface area contributed by atoms with Crippen LogP contribution in [0.2, 0.25) is 0 Å². The number of thiophene rings is 1. The van der Waals surface area contributed by atoms with E-state index in [-0.39, 0.29) is 24.4 Å². The van der Waals surface area contributed by atoms with Gasteiger partial charge in [0.2, 0.25) is 11.7 Å². The average Bonchev–Trinajstić information content (AvgIpc) is 3.33. The van der Waals surface area contributed by atoms with E-state index in [1.165, 1.54) is 4.80 Å². The molecular formula is C20H23N5O3S. The van der Waals surface area contributed by atoms with E-state index in [9.17, 15) is 4.79 Å². The van der Waals surface area contributed by atoms with Crippen LogP contribution >= 0.6 is 11.3 Å². The van der Waals surface area contributed by atoms with E-state index in [2.05, 4.69) is 34.6 Å². The number of hydrogen-bond acceptors (Lipinski definition) is 7. The monoisotopic (exact) mass is 413 g/mol. The number of fused-ring (bicyclic) bond motifs is 1. The third-order valence-electron chi connectivity index (χ3n) is 4.63. The van der Waals surface area contributed by atoms with Crippen molar-refractivity contribution in [3.8, 4) is 22.9 Å². The number of aromatic nitrogens is 4. The molecule has 8 nitrogen and oxygen atoms in total. The highest BCUT2D eigenvalue weighted by atomic mass is 32.1. The van der Waals surface area contributed by atoms with Gasteiger partial charge in [0, 0.05) is 17.4 Å². The van der Waals surface area contributed by atoms with E-state index < -0.39 is 0 Å². The van der Waals surface area contributed by atoms with Crippen LogP contribution in [0, 0.1) is 5.92 Å². The third-order valence-corrected chi connectivity index (χ3v) is 5.31. The number of nitrogens with zero attached hydrogens (tertiary/aromatic N) is 4. The predicted molar refractivity (Wildman–Crippen MR) is 109 cm³/mol. The lowest BCUT2D eigenvalue weighted by atomic mass is 9.95. The van der Waals surface area contributed by atoms with Crippen molar-refractivity contribution >= 4 is 17.2 Å². The summed E-state index contributed by atoms with van der Waals surface area (Å²) < 4.78 is 11.5. The first-order valence-electron chi connectivity index (χ1n) is 9.59. The summed E-state index contributed by atoms with van der Waals surface area (Å²) >= 11 is 1.56. The molecule has 1 aliphatic heterocycles. The van der Waals surface area contributed by atoms with Gasteiger partial charge in [0.05, 0.1) is 19.3 Å². The Morgan fingerprint density at radius 1 is 1.24 bits per heavy atom. The lowest BCUT2D eigenvalue weighted by Gasteiger charge is -2.23. The second-order valence-electron chi connectivity index (χ2n) is 7.20. The molecule has 0 spiro atoms. The number of amides is 1. The molecule has 2 aromatic heterocycles. The van der Waals surface area contributed by atoms with Crippen LogP contribution in [0.15, 0.2) is 35.0 Å². The minimum atomic E-state index is -0.176. The van der Waals surface area contributed by atoms with E-state index in [4.69, 9.17) is 9.47 Å². The Hall–Kier alpha value is -2.94. The van der Waals surface area contributed by atoms with Gasteiger partial charge in [-0.1, -0.05) is 19.9 Å². The van der Waals surface area contributed by atoms with Crippen LogP contribution in [-0.2, 0) is 11.3 Å². The molecule has 152 valence electrons. The Labute approximate surface area is 172 Å². The minimum absolute atomic E-state index is 0.00487. The van der Waals surface area contributed by atoms with Crippen molar-refractivity contribution < 1.29 is 14.3 Å². The molecule has 4 rings (SSSR count). The Kier molecular flexibility index (Phi) is 5.75. The van der Waals surface area contributed by atoms with E-state index in [1.807, 2.05) is 35.0 Å². The van der Waals surface area contributed by atoms with Gasteiger partial charge in [0.1, 0.15) is 6.54 Å². The van der Waals surface area contributed by atoms with Crippen molar-refractivity contribution in [2.75, 3.05) is 13.2 Å². The molecule has 1 amide bonds. The molecule has 0 radical (unpaired) electrons. The number of carbonyl (C=O) groups is 1. The summed E-state index contributed by atoms with van der Waals surface area (Å²) in [7, 11) is 0. The summed E-state index contributed by atoms with van der Waals surface area (Å²) in [5.74, 6) is 1.99. The second-order valence-corrected chi connectivity index (χ2v) is 7.98. The molecule has 1 N–H and O–H groups in total. The highest BCUT2D eigenvalue weighted by molar-refractivity contribution is 7.08. The Balaban J connectivity index is 1.46. The van der Waals surface area contributed by atoms with E-state index in [0.29, 0.717) is 19.0 Å². The highest BCUT2D eigenvalue weighted by Crippen LogP contribution is 2.34. The second kappa shape index (κ2) is 8.60. The fourth-order valence-corrected chi connectivity index (χ4v) is 3.81. The van der Waals surface area contributed by atoms with Gasteiger partial charge in [0.15, 0.2) is 11.5 Å². The number of hydrogen-bond donors (Lipinski definition) is 1. The topological polar surface area (TPSA) is 91.2 Å². The summed E-state index contributed by atoms with van der Waals surface area (Å²) in [6, 6.07) is 7.59. The molecule has 0 bridgehead atoms. The maximum absolute atomic E-state index is 12.6. The minimum Gasteiger partial charge on any atom is -0.490 e. The number of nitrogens with one attached hydrogen (secondary N) is 1. The molecule has 3 aromatic rings. The van der Waals surface area contributed by atoms with Gasteiger partial charge in [-0.15, -0.1) is 10.2 Å². The summed E-state index contributed by atoms with van der Waals surface area (Å²) in [6.45, 7) is 5.41. The van der Waals surface area contributed by atoms with E-state index in [1.54, 1.807) is 11.3 Å². The van der Waals surface area contributed by atoms with Crippen LogP contribution in [0.5, 0.6) is 11.5 Å². The number of benzene rings is 1. The Morgan fingerprint density at radius 3 is 2.83 bits per heavy atom. The Bertz CT molecular complexity index is 970. The first kappa shape index (κ1) is 19.4. The van der Waals surface area contributed by atoms with Gasteiger partial charge in [-0.2, -0.15) is 16.1 Å². The summed E-state index contributed by atoms with van der Waals surface area (Å²) in [5.41, 5.74) is 1.87. The quantitative estimate of drug-likeness (QED) is 0.668. The summed E-state index contributed by atoms with van der Waals surface area (Å²) in [5, 5.41) is 19.3. The zero-order chi connectivity index (χ0) is 20.2. The van der Waals surface area contributed by atoms with Crippen LogP contribution in [0.4, 0.5) is 0 Å². The average molecular weight is 414 g/mol. The number of ether oxygens (including phenoxy) is 2. The van der Waals surface area contributed by atoms with Crippen LogP contribution < -0.4 is 14.8 Å². The van der Waals surface area contributed by atoms with Crippen LogP contribution in [0.1, 0.15) is 31.9 Å². The van der Waals surface area contributed by atoms with Crippen LogP contribution in [-0.4, -0.2) is 39.3 Å². The predicted octanol–water partition coefficient (Wildman–Crippen LogP) is 3.08. The standard InChI is InChI=1S/C20H23N5O3S/c1-13(2)19(14-4-5-16-17(10-14)28-8-3-7-27-16)21-18(26)11-25-23-20(22-24-25)15-6-9-29-12-15/h4-6,9-10,12-13,19H,3,7-8,11H2,1-2H3,(H,21,26)/t19-/m1/s1. The summed E-state index contributed by atoms with van der Waals surface area (Å²) in [6.07, 6.45) is 0.854. The number of carbonyl (C=O) groups excluding carboxylic acids is 1. The SMILES string of the molecule is CC(C)[C@@H](NC(=O)Cn1nnc(-c2ccsc2)n1)c1ccc2c(c1)OCCCO2. The lowest BCUT2D eigenvalue weighted by molar-refractivity contribution is -0.123. The third kappa shape index (κ3) is 4.56. The van der Waals surface area contributed by atoms with Crippen LogP contribution in [0.3, 0.4) is 0 Å². The molecule has 0 saturated carbocycles. The molecule has 0 saturated heterocycles. The van der Waals surface area contributed by atoms with Gasteiger partial charge in [-0.05, 0) is 40.3 Å². The fourth-order valence-electron chi connectivity index (χ4n) is 3.17. The van der Waals surface area contributed by atoms with Crippen molar-refractivity contribution in [2.45, 2.75) is 32.9 Å². The molecule has 1 aliphatic rings. The smallest absolute Gasteiger partial charge is 0.244 e. The van der Waals surface area contributed by atoms with Crippen LogP contribution in [0.25, 0.3) is 11.4 Å². The van der Waals surface area contributed by atoms with Gasteiger partial charge in [-0.3, -0.25) is 4.79 Å². The van der Waals surface area contributed by atoms with Crippen molar-refractivity contribution in [3.05, 3.63) is 40.6 Å². The van der Waals surface area contributed by atoms with Crippen molar-refractivity contribution in [1.29, 1.82) is 0 Å².